The van der Waals surface area contributed by atoms with Crippen molar-refractivity contribution in [2.45, 2.75) is 25.3 Å². The molecule has 0 radical (unpaired) electrons. The molecule has 0 aliphatic heterocycles. The Balaban J connectivity index is 1.61. The van der Waals surface area contributed by atoms with Gasteiger partial charge in [-0.1, -0.05) is 72.8 Å². The molecule has 0 bridgehead atoms. The van der Waals surface area contributed by atoms with Crippen molar-refractivity contribution >= 4 is 21.5 Å². The molecule has 5 rings (SSSR count). The van der Waals surface area contributed by atoms with Gasteiger partial charge >= 0.3 is 0 Å². The second kappa shape index (κ2) is 9.40. The van der Waals surface area contributed by atoms with Crippen molar-refractivity contribution in [1.82, 2.24) is 9.78 Å². The summed E-state index contributed by atoms with van der Waals surface area (Å²) in [5.74, 6) is 0.672. The van der Waals surface area contributed by atoms with E-state index < -0.39 is 0 Å². The maximum Gasteiger partial charge on any atom is 0.273 e. The molecule has 1 unspecified atom stereocenters. The second-order valence-electron chi connectivity index (χ2n) is 8.50. The maximum atomic E-state index is 13.7. The highest BCUT2D eigenvalue weighted by Gasteiger charge is 2.19. The summed E-state index contributed by atoms with van der Waals surface area (Å²) < 4.78 is 6.96. The summed E-state index contributed by atoms with van der Waals surface area (Å²) in [7, 11) is 1.60. The first kappa shape index (κ1) is 21.7. The number of nitrogens with one attached hydrogen (secondary N) is 1. The molecule has 0 fully saturated rings. The molecule has 5 heteroatoms. The highest BCUT2D eigenvalue weighted by Crippen LogP contribution is 2.28. The largest absolute Gasteiger partial charge is 0.496 e. The van der Waals surface area contributed by atoms with Crippen molar-refractivity contribution in [1.29, 1.82) is 0 Å². The van der Waals surface area contributed by atoms with Gasteiger partial charge in [0.05, 0.1) is 23.9 Å². The van der Waals surface area contributed by atoms with Crippen LogP contribution in [0.15, 0.2) is 101 Å². The number of rotatable bonds is 7. The monoisotopic (exact) mass is 450 g/mol. The fourth-order valence-corrected chi connectivity index (χ4v) is 4.67. The van der Waals surface area contributed by atoms with E-state index in [1.165, 1.54) is 10.2 Å². The van der Waals surface area contributed by atoms with Crippen molar-refractivity contribution in [3.05, 3.63) is 123 Å². The van der Waals surface area contributed by atoms with Gasteiger partial charge in [0.1, 0.15) is 5.75 Å². The number of nitrogens with zero attached hydrogens (tertiary/aromatic N) is 1. The van der Waals surface area contributed by atoms with Crippen LogP contribution in [0.25, 0.3) is 21.5 Å². The molecular weight excluding hydrogens is 424 g/mol. The van der Waals surface area contributed by atoms with Gasteiger partial charge in [-0.15, -0.1) is 0 Å². The Kier molecular flexibility index (Phi) is 6.00. The van der Waals surface area contributed by atoms with Gasteiger partial charge in [0, 0.05) is 5.39 Å². The summed E-state index contributed by atoms with van der Waals surface area (Å²) in [4.78, 5) is 26.9. The minimum Gasteiger partial charge on any atom is -0.496 e. The van der Waals surface area contributed by atoms with Crippen LogP contribution in [-0.2, 0) is 6.42 Å². The first-order valence-electron chi connectivity index (χ1n) is 11.5. The van der Waals surface area contributed by atoms with E-state index in [1.807, 2.05) is 66.7 Å². The second-order valence-corrected chi connectivity index (χ2v) is 8.50. The predicted octanol–water partition coefficient (Wildman–Crippen LogP) is 5.46. The van der Waals surface area contributed by atoms with Gasteiger partial charge in [-0.2, -0.15) is 0 Å². The van der Waals surface area contributed by atoms with Gasteiger partial charge in [-0.05, 0) is 54.0 Å². The van der Waals surface area contributed by atoms with Gasteiger partial charge < -0.3 is 4.74 Å². The number of aromatic amines is 1. The number of methoxy groups -OCH3 is 1. The van der Waals surface area contributed by atoms with Crippen molar-refractivity contribution in [2.24, 2.45) is 0 Å². The average molecular weight is 451 g/mol. The summed E-state index contributed by atoms with van der Waals surface area (Å²) in [6, 6.07) is 29.1. The molecule has 0 saturated heterocycles. The molecule has 34 heavy (non-hydrogen) atoms. The third kappa shape index (κ3) is 4.13. The first-order chi connectivity index (χ1) is 16.7. The van der Waals surface area contributed by atoms with Crippen LogP contribution in [0.4, 0.5) is 0 Å². The molecular formula is C29H26N2O3. The number of hydrogen-bond acceptors (Lipinski definition) is 3. The summed E-state index contributed by atoms with van der Waals surface area (Å²) in [5, 5.41) is 5.33. The minimum atomic E-state index is -0.286. The normalized spacial score (nSPS) is 12.1. The molecule has 0 amide bonds. The summed E-state index contributed by atoms with van der Waals surface area (Å²) in [5.41, 5.74) is 1.77. The van der Waals surface area contributed by atoms with Gasteiger partial charge in [0.15, 0.2) is 0 Å². The van der Waals surface area contributed by atoms with Gasteiger partial charge in [0.2, 0.25) is 0 Å². The summed E-state index contributed by atoms with van der Waals surface area (Å²) >= 11 is 0. The van der Waals surface area contributed by atoms with Crippen LogP contribution in [-0.4, -0.2) is 16.9 Å². The van der Waals surface area contributed by atoms with Crippen LogP contribution in [0.3, 0.4) is 0 Å². The number of H-pyrrole nitrogens is 1. The number of benzene rings is 4. The number of hydrogen-bond donors (Lipinski definition) is 1. The Morgan fingerprint density at radius 3 is 2.29 bits per heavy atom. The van der Waals surface area contributed by atoms with Crippen LogP contribution >= 0.6 is 0 Å². The van der Waals surface area contributed by atoms with E-state index in [2.05, 4.69) is 17.2 Å². The van der Waals surface area contributed by atoms with Gasteiger partial charge in [0.25, 0.3) is 11.1 Å². The van der Waals surface area contributed by atoms with E-state index in [0.29, 0.717) is 16.5 Å². The molecule has 0 aliphatic rings. The lowest BCUT2D eigenvalue weighted by atomic mass is 9.98. The quantitative estimate of drug-likeness (QED) is 0.335. The predicted molar refractivity (Wildman–Crippen MR) is 137 cm³/mol. The van der Waals surface area contributed by atoms with Crippen LogP contribution < -0.4 is 15.9 Å². The van der Waals surface area contributed by atoms with E-state index in [-0.39, 0.29) is 17.2 Å². The number of ether oxygens (including phenoxy) is 1. The summed E-state index contributed by atoms with van der Waals surface area (Å²) in [6.07, 6.45) is 2.51. The van der Waals surface area contributed by atoms with E-state index in [9.17, 15) is 9.59 Å². The average Bonchev–Trinajstić information content (AvgIpc) is 2.89. The Morgan fingerprint density at radius 1 is 0.824 bits per heavy atom. The summed E-state index contributed by atoms with van der Waals surface area (Å²) in [6.45, 7) is 0. The minimum absolute atomic E-state index is 0.201. The molecule has 170 valence electrons. The highest BCUT2D eigenvalue weighted by atomic mass is 16.5. The van der Waals surface area contributed by atoms with Gasteiger partial charge in [-0.25, -0.2) is 4.68 Å². The van der Waals surface area contributed by atoms with Crippen molar-refractivity contribution in [3.8, 4) is 5.75 Å². The molecule has 1 atom stereocenters. The fourth-order valence-electron chi connectivity index (χ4n) is 4.67. The van der Waals surface area contributed by atoms with E-state index in [0.717, 1.165) is 35.6 Å². The SMILES string of the molecule is COc1cccc2cc3c(=O)n(C(CCCc4ccccc4)c4ccccc4)[nH]c(=O)c3cc12. The fraction of sp³-hybridized carbons (Fsp3) is 0.172. The smallest absolute Gasteiger partial charge is 0.273 e. The maximum absolute atomic E-state index is 13.7. The Hall–Kier alpha value is -4.12. The zero-order valence-corrected chi connectivity index (χ0v) is 19.0. The lowest BCUT2D eigenvalue weighted by Crippen LogP contribution is -2.33. The van der Waals surface area contributed by atoms with Crippen LogP contribution in [0.1, 0.15) is 30.0 Å². The topological polar surface area (TPSA) is 64.1 Å². The zero-order chi connectivity index (χ0) is 23.5. The Labute approximate surface area is 197 Å². The Morgan fingerprint density at radius 2 is 1.56 bits per heavy atom. The molecule has 0 aliphatic carbocycles. The van der Waals surface area contributed by atoms with E-state index >= 15 is 0 Å². The number of fused-ring (bicyclic) bond motifs is 2. The first-order valence-corrected chi connectivity index (χ1v) is 11.5. The van der Waals surface area contributed by atoms with Crippen LogP contribution in [0.5, 0.6) is 5.75 Å². The molecule has 0 saturated carbocycles. The van der Waals surface area contributed by atoms with Gasteiger partial charge in [-0.3, -0.25) is 14.7 Å². The molecule has 5 aromatic rings. The molecule has 4 aromatic carbocycles. The lowest BCUT2D eigenvalue weighted by molar-refractivity contribution is 0.420. The van der Waals surface area contributed by atoms with E-state index in [4.69, 9.17) is 4.74 Å². The van der Waals surface area contributed by atoms with Crippen molar-refractivity contribution in [2.75, 3.05) is 7.11 Å². The van der Waals surface area contributed by atoms with Crippen LogP contribution in [0.2, 0.25) is 0 Å². The standard InChI is InChI=1S/C29H26N2O3/c1-34-27-17-9-15-22-18-25-24(19-23(22)27)28(32)30-31(29(25)33)26(21-13-6-3-7-14-21)16-8-12-20-10-4-2-5-11-20/h2-7,9-11,13-15,17-19,26H,8,12,16H2,1H3,(H,30,32). The lowest BCUT2D eigenvalue weighted by Gasteiger charge is -2.21. The van der Waals surface area contributed by atoms with Crippen LogP contribution in [0, 0.1) is 0 Å². The van der Waals surface area contributed by atoms with Crippen molar-refractivity contribution in [3.63, 3.8) is 0 Å². The molecule has 1 N–H and O–H groups in total. The molecule has 1 aromatic heterocycles. The third-order valence-electron chi connectivity index (χ3n) is 6.40. The Bertz CT molecular complexity index is 1550. The zero-order valence-electron chi connectivity index (χ0n) is 19.0. The van der Waals surface area contributed by atoms with E-state index in [1.54, 1.807) is 19.2 Å². The van der Waals surface area contributed by atoms with Crippen molar-refractivity contribution < 1.29 is 4.74 Å². The third-order valence-corrected chi connectivity index (χ3v) is 6.40. The number of aromatic nitrogens is 2. The molecule has 0 spiro atoms. The molecule has 1 heterocycles. The molecule has 5 nitrogen and oxygen atoms in total. The number of aryl methyl sites for hydroxylation is 1. The highest BCUT2D eigenvalue weighted by molar-refractivity contribution is 6.00.